The minimum absolute atomic E-state index is 0.326. The summed E-state index contributed by atoms with van der Waals surface area (Å²) in [4.78, 5) is 2.62. The number of rotatable bonds is 4. The topological polar surface area (TPSA) is 32.3 Å². The highest BCUT2D eigenvalue weighted by Crippen LogP contribution is 2.33. The molecule has 0 radical (unpaired) electrons. The van der Waals surface area contributed by atoms with Crippen LogP contribution in [0.3, 0.4) is 0 Å². The average molecular weight is 272 g/mol. The number of piperazine rings is 1. The van der Waals surface area contributed by atoms with Gasteiger partial charge in [0.25, 0.3) is 0 Å². The molecular weight excluding hydrogens is 244 g/mol. The fourth-order valence-electron chi connectivity index (χ4n) is 3.29. The molecule has 4 heteroatoms. The molecule has 0 bridgehead atoms. The second-order valence-corrected chi connectivity index (χ2v) is 8.09. The minimum Gasteiger partial charge on any atom is -0.308 e. The SMILES string of the molecule is CC1CNC2(CCCC2)CN1CCC(C)S(C)=O. The van der Waals surface area contributed by atoms with Crippen LogP contribution in [-0.4, -0.2) is 51.8 Å². The first-order valence-corrected chi connectivity index (χ1v) is 8.96. The first kappa shape index (κ1) is 14.5. The Morgan fingerprint density at radius 1 is 1.44 bits per heavy atom. The summed E-state index contributed by atoms with van der Waals surface area (Å²) in [5, 5.41) is 4.11. The van der Waals surface area contributed by atoms with Crippen molar-refractivity contribution in [1.82, 2.24) is 10.2 Å². The molecule has 1 aliphatic carbocycles. The van der Waals surface area contributed by atoms with E-state index in [2.05, 4.69) is 24.1 Å². The quantitative estimate of drug-likeness (QED) is 0.846. The van der Waals surface area contributed by atoms with E-state index in [0.717, 1.165) is 19.5 Å². The maximum Gasteiger partial charge on any atom is 0.0329 e. The molecule has 3 atom stereocenters. The molecule has 1 heterocycles. The molecule has 0 aromatic heterocycles. The highest BCUT2D eigenvalue weighted by molar-refractivity contribution is 7.84. The van der Waals surface area contributed by atoms with Gasteiger partial charge in [0.1, 0.15) is 0 Å². The summed E-state index contributed by atoms with van der Waals surface area (Å²) in [6, 6.07) is 0.619. The molecule has 2 fully saturated rings. The Bertz CT molecular complexity index is 302. The van der Waals surface area contributed by atoms with Crippen molar-refractivity contribution in [1.29, 1.82) is 0 Å². The van der Waals surface area contributed by atoms with E-state index in [1.807, 2.05) is 6.26 Å². The van der Waals surface area contributed by atoms with Crippen molar-refractivity contribution in [2.45, 2.75) is 62.8 Å². The van der Waals surface area contributed by atoms with Crippen molar-refractivity contribution in [2.75, 3.05) is 25.9 Å². The van der Waals surface area contributed by atoms with Crippen LogP contribution in [0.2, 0.25) is 0 Å². The number of hydrogen-bond acceptors (Lipinski definition) is 3. The van der Waals surface area contributed by atoms with Gasteiger partial charge in [-0.05, 0) is 32.7 Å². The van der Waals surface area contributed by atoms with Crippen molar-refractivity contribution < 1.29 is 4.21 Å². The number of hydrogen-bond donors (Lipinski definition) is 1. The van der Waals surface area contributed by atoms with Gasteiger partial charge in [0.05, 0.1) is 0 Å². The maximum absolute atomic E-state index is 11.4. The van der Waals surface area contributed by atoms with Crippen molar-refractivity contribution in [3.8, 4) is 0 Å². The summed E-state index contributed by atoms with van der Waals surface area (Å²) in [6.45, 7) is 7.82. The van der Waals surface area contributed by atoms with E-state index in [1.165, 1.54) is 32.2 Å². The molecule has 1 spiro atoms. The van der Waals surface area contributed by atoms with Crippen molar-refractivity contribution in [3.05, 3.63) is 0 Å². The molecular formula is C14H28N2OS. The Morgan fingerprint density at radius 3 is 2.72 bits per heavy atom. The zero-order chi connectivity index (χ0) is 13.2. The van der Waals surface area contributed by atoms with Crippen LogP contribution in [0.15, 0.2) is 0 Å². The van der Waals surface area contributed by atoms with Crippen molar-refractivity contribution in [3.63, 3.8) is 0 Å². The van der Waals surface area contributed by atoms with Crippen LogP contribution in [0, 0.1) is 0 Å². The van der Waals surface area contributed by atoms with E-state index < -0.39 is 10.8 Å². The first-order valence-electron chi connectivity index (χ1n) is 7.34. The monoisotopic (exact) mass is 272 g/mol. The molecule has 1 saturated heterocycles. The maximum atomic E-state index is 11.4. The van der Waals surface area contributed by atoms with Crippen LogP contribution < -0.4 is 5.32 Å². The fourth-order valence-corrected chi connectivity index (χ4v) is 3.73. The van der Waals surface area contributed by atoms with Crippen LogP contribution >= 0.6 is 0 Å². The van der Waals surface area contributed by atoms with Gasteiger partial charge in [-0.3, -0.25) is 9.11 Å². The van der Waals surface area contributed by atoms with Gasteiger partial charge in [0.15, 0.2) is 0 Å². The van der Waals surface area contributed by atoms with E-state index in [0.29, 0.717) is 16.8 Å². The van der Waals surface area contributed by atoms with Gasteiger partial charge in [0, 0.05) is 47.0 Å². The molecule has 3 unspecified atom stereocenters. The van der Waals surface area contributed by atoms with Crippen LogP contribution in [0.25, 0.3) is 0 Å². The van der Waals surface area contributed by atoms with E-state index in [-0.39, 0.29) is 0 Å². The predicted octanol–water partition coefficient (Wildman–Crippen LogP) is 1.75. The largest absolute Gasteiger partial charge is 0.308 e. The zero-order valence-electron chi connectivity index (χ0n) is 12.1. The van der Waals surface area contributed by atoms with Gasteiger partial charge in [0.2, 0.25) is 0 Å². The van der Waals surface area contributed by atoms with Crippen molar-refractivity contribution in [2.24, 2.45) is 0 Å². The fraction of sp³-hybridized carbons (Fsp3) is 1.00. The Balaban J connectivity index is 1.87. The summed E-state index contributed by atoms with van der Waals surface area (Å²) < 4.78 is 11.4. The second kappa shape index (κ2) is 6.02. The second-order valence-electron chi connectivity index (χ2n) is 6.29. The molecule has 106 valence electrons. The number of nitrogens with zero attached hydrogens (tertiary/aromatic N) is 1. The molecule has 2 rings (SSSR count). The van der Waals surface area contributed by atoms with Crippen molar-refractivity contribution >= 4 is 10.8 Å². The van der Waals surface area contributed by atoms with E-state index in [4.69, 9.17) is 0 Å². The smallest absolute Gasteiger partial charge is 0.0329 e. The molecule has 3 nitrogen and oxygen atoms in total. The Kier molecular flexibility index (Phi) is 4.84. The third kappa shape index (κ3) is 3.34. The summed E-state index contributed by atoms with van der Waals surface area (Å²) in [5.41, 5.74) is 0.404. The van der Waals surface area contributed by atoms with Gasteiger partial charge in [-0.1, -0.05) is 19.8 Å². The van der Waals surface area contributed by atoms with Gasteiger partial charge in [-0.15, -0.1) is 0 Å². The Labute approximate surface area is 114 Å². The Hall–Kier alpha value is 0.0700. The third-order valence-electron chi connectivity index (χ3n) is 4.85. The summed E-state index contributed by atoms with van der Waals surface area (Å²) in [6.07, 6.45) is 8.32. The van der Waals surface area contributed by atoms with Crippen LogP contribution in [0.5, 0.6) is 0 Å². The summed E-state index contributed by atoms with van der Waals surface area (Å²) >= 11 is 0. The first-order chi connectivity index (χ1) is 8.52. The highest BCUT2D eigenvalue weighted by Gasteiger charge is 2.39. The molecule has 0 aromatic rings. The van der Waals surface area contributed by atoms with E-state index in [9.17, 15) is 4.21 Å². The Morgan fingerprint density at radius 2 is 2.11 bits per heavy atom. The molecule has 1 N–H and O–H groups in total. The van der Waals surface area contributed by atoms with E-state index >= 15 is 0 Å². The average Bonchev–Trinajstić information content (AvgIpc) is 2.78. The lowest BCUT2D eigenvalue weighted by atomic mass is 9.92. The molecule has 2 aliphatic rings. The summed E-state index contributed by atoms with van der Waals surface area (Å²) in [5.74, 6) is 0. The van der Waals surface area contributed by atoms with Gasteiger partial charge >= 0.3 is 0 Å². The summed E-state index contributed by atoms with van der Waals surface area (Å²) in [7, 11) is -0.679. The molecule has 0 amide bonds. The molecule has 0 aromatic carbocycles. The standard InChI is InChI=1S/C14H28N2OS/c1-12-10-15-14(7-4-5-8-14)11-16(12)9-6-13(2)18(3)17/h12-13,15H,4-11H2,1-3H3. The normalized spacial score (nSPS) is 31.6. The van der Waals surface area contributed by atoms with Gasteiger partial charge < -0.3 is 5.32 Å². The lowest BCUT2D eigenvalue weighted by Crippen LogP contribution is -2.62. The lowest BCUT2D eigenvalue weighted by molar-refractivity contribution is 0.0882. The van der Waals surface area contributed by atoms with Crippen LogP contribution in [0.1, 0.15) is 46.0 Å². The van der Waals surface area contributed by atoms with E-state index in [1.54, 1.807) is 0 Å². The molecule has 1 saturated carbocycles. The van der Waals surface area contributed by atoms with Gasteiger partial charge in [-0.2, -0.15) is 0 Å². The van der Waals surface area contributed by atoms with Gasteiger partial charge in [-0.25, -0.2) is 0 Å². The molecule has 18 heavy (non-hydrogen) atoms. The zero-order valence-corrected chi connectivity index (χ0v) is 12.9. The van der Waals surface area contributed by atoms with Crippen LogP contribution in [0.4, 0.5) is 0 Å². The minimum atomic E-state index is -0.679. The number of nitrogens with one attached hydrogen (secondary N) is 1. The third-order valence-corrected chi connectivity index (χ3v) is 6.22. The lowest BCUT2D eigenvalue weighted by Gasteiger charge is -2.45. The highest BCUT2D eigenvalue weighted by atomic mass is 32.2. The molecule has 1 aliphatic heterocycles. The predicted molar refractivity (Wildman–Crippen MR) is 78.4 cm³/mol. The van der Waals surface area contributed by atoms with Crippen LogP contribution in [-0.2, 0) is 10.8 Å².